The number of aliphatic imine (C=N–C) groups is 2. The van der Waals surface area contributed by atoms with Crippen LogP contribution in [-0.4, -0.2) is 20.8 Å². The fourth-order valence-corrected chi connectivity index (χ4v) is 11.6. The van der Waals surface area contributed by atoms with E-state index in [1.165, 1.54) is 52.5 Å². The third kappa shape index (κ3) is 5.51. The van der Waals surface area contributed by atoms with Gasteiger partial charge in [0.05, 0.1) is 33.5 Å². The molecule has 0 fully saturated rings. The van der Waals surface area contributed by atoms with Crippen LogP contribution in [-0.2, 0) is 0 Å². The summed E-state index contributed by atoms with van der Waals surface area (Å²) in [6, 6.07) is 67.8. The summed E-state index contributed by atoms with van der Waals surface area (Å²) in [5, 5.41) is 11.8. The second-order valence-corrected chi connectivity index (χ2v) is 18.4. The summed E-state index contributed by atoms with van der Waals surface area (Å²) in [5.41, 5.74) is 10.1. The van der Waals surface area contributed by atoms with Gasteiger partial charge in [-0.05, 0) is 83.9 Å². The van der Waals surface area contributed by atoms with Gasteiger partial charge in [0.2, 0.25) is 0 Å². The molecule has 0 spiro atoms. The minimum atomic E-state index is 0.0296. The molecule has 9 aromatic carbocycles. The third-order valence-electron chi connectivity index (χ3n) is 13.5. The largest absolute Gasteiger partial charge is 0.456 e. The van der Waals surface area contributed by atoms with Gasteiger partial charge in [0.25, 0.3) is 0 Å². The molecular weight excluding hydrogens is 813 g/mol. The van der Waals surface area contributed by atoms with Crippen LogP contribution < -0.4 is 0 Å². The van der Waals surface area contributed by atoms with E-state index >= 15 is 0 Å². The van der Waals surface area contributed by atoms with E-state index < -0.39 is 0 Å². The van der Waals surface area contributed by atoms with E-state index in [0.29, 0.717) is 5.84 Å². The lowest BCUT2D eigenvalue weighted by atomic mass is 9.99. The topological polar surface area (TPSA) is 47.7 Å². The van der Waals surface area contributed by atoms with Crippen LogP contribution in [0, 0.1) is 5.92 Å². The van der Waals surface area contributed by atoms with Gasteiger partial charge in [0.15, 0.2) is 5.84 Å². The van der Waals surface area contributed by atoms with Crippen LogP contribution in [0.15, 0.2) is 209 Å². The van der Waals surface area contributed by atoms with Gasteiger partial charge in [-0.15, -0.1) is 11.3 Å². The second kappa shape index (κ2) is 14.0. The highest BCUT2D eigenvalue weighted by atomic mass is 32.1. The van der Waals surface area contributed by atoms with Crippen molar-refractivity contribution in [2.45, 2.75) is 13.3 Å². The average molecular weight is 851 g/mol. The first-order valence-corrected chi connectivity index (χ1v) is 23.1. The standard InChI is InChI=1S/C59H38N4OS/c1-35-26-28-48(47-33-45-42-19-7-12-24-54(42)64-55(45)34-53(47)62-49-21-9-6-18-41(49)44-30-36-14-2-3-15-37(36)32-52(44)62)60-58(38-27-29-57-46(31-38)43-20-8-13-25-56(43)65-57)61-59(35)63-50-22-10-4-16-39(50)40-17-5-11-23-51(40)63/h2-25,27-35H,26H2,1H3/b48-28+,60-58-,61-59+. The van der Waals surface area contributed by atoms with E-state index in [0.717, 1.165) is 78.8 Å². The maximum atomic E-state index is 6.68. The molecule has 4 aromatic heterocycles. The number of aromatic nitrogens is 2. The Hall–Kier alpha value is -8.06. The van der Waals surface area contributed by atoms with Crippen molar-refractivity contribution < 1.29 is 4.42 Å². The molecular formula is C59H38N4OS. The fourth-order valence-electron chi connectivity index (χ4n) is 10.5. The normalized spacial score (nSPS) is 17.3. The number of benzene rings is 9. The number of thiophene rings is 1. The molecule has 1 aliphatic heterocycles. The van der Waals surface area contributed by atoms with E-state index in [2.05, 4.69) is 204 Å². The summed E-state index contributed by atoms with van der Waals surface area (Å²) in [7, 11) is 0. The van der Waals surface area contributed by atoms with Gasteiger partial charge in [0, 0.05) is 75.6 Å². The Morgan fingerprint density at radius 2 is 1.09 bits per heavy atom. The van der Waals surface area contributed by atoms with Crippen molar-refractivity contribution in [1.82, 2.24) is 9.13 Å². The fraction of sp³-hybridized carbons (Fsp3) is 0.0508. The number of allylic oxidation sites excluding steroid dienone is 1. The second-order valence-electron chi connectivity index (χ2n) is 17.3. The summed E-state index contributed by atoms with van der Waals surface area (Å²) in [5.74, 6) is 1.67. The van der Waals surface area contributed by atoms with Crippen LogP contribution in [0.2, 0.25) is 0 Å². The van der Waals surface area contributed by atoms with E-state index in [1.807, 2.05) is 17.4 Å². The Balaban J connectivity index is 1.08. The van der Waals surface area contributed by atoms with Gasteiger partial charge in [-0.3, -0.25) is 4.57 Å². The van der Waals surface area contributed by atoms with Gasteiger partial charge in [-0.1, -0.05) is 128 Å². The number of furan rings is 1. The van der Waals surface area contributed by atoms with Gasteiger partial charge >= 0.3 is 0 Å². The highest BCUT2D eigenvalue weighted by Gasteiger charge is 2.26. The molecule has 5 nitrogen and oxygen atoms in total. The Morgan fingerprint density at radius 1 is 0.477 bits per heavy atom. The zero-order valence-corrected chi connectivity index (χ0v) is 36.2. The lowest BCUT2D eigenvalue weighted by Crippen LogP contribution is -2.23. The molecule has 1 aliphatic rings. The first-order chi connectivity index (χ1) is 32.1. The number of rotatable bonds is 3. The Kier molecular flexibility index (Phi) is 7.83. The van der Waals surface area contributed by atoms with Crippen LogP contribution in [0.1, 0.15) is 24.5 Å². The molecule has 0 saturated carbocycles. The molecule has 1 unspecified atom stereocenters. The minimum absolute atomic E-state index is 0.0296. The Morgan fingerprint density at radius 3 is 1.86 bits per heavy atom. The van der Waals surface area contributed by atoms with E-state index in [1.54, 1.807) is 0 Å². The zero-order valence-electron chi connectivity index (χ0n) is 35.4. The number of para-hydroxylation sites is 4. The van der Waals surface area contributed by atoms with Crippen LogP contribution in [0.5, 0.6) is 0 Å². The van der Waals surface area contributed by atoms with Crippen LogP contribution in [0.25, 0.3) is 108 Å². The monoisotopic (exact) mass is 850 g/mol. The van der Waals surface area contributed by atoms with Gasteiger partial charge in [0.1, 0.15) is 17.0 Å². The Labute approximate surface area is 377 Å². The van der Waals surface area contributed by atoms with Crippen molar-refractivity contribution in [3.8, 4) is 5.69 Å². The number of fused-ring (bicyclic) bond motifs is 13. The number of nitrogens with zero attached hydrogens (tertiary/aromatic N) is 4. The predicted molar refractivity (Wildman–Crippen MR) is 275 cm³/mol. The van der Waals surface area contributed by atoms with E-state index in [9.17, 15) is 0 Å². The molecule has 0 amide bonds. The molecule has 14 rings (SSSR count). The smallest absolute Gasteiger partial charge is 0.161 e. The number of hydrogen-bond acceptors (Lipinski definition) is 4. The lowest BCUT2D eigenvalue weighted by molar-refractivity contribution is 0.668. The van der Waals surface area contributed by atoms with Crippen molar-refractivity contribution >= 4 is 125 Å². The van der Waals surface area contributed by atoms with Gasteiger partial charge < -0.3 is 8.98 Å². The number of hydrogen-bond donors (Lipinski definition) is 0. The zero-order chi connectivity index (χ0) is 42.8. The quantitative estimate of drug-likeness (QED) is 0.175. The molecule has 65 heavy (non-hydrogen) atoms. The van der Waals surface area contributed by atoms with E-state index in [-0.39, 0.29) is 5.92 Å². The van der Waals surface area contributed by atoms with Gasteiger partial charge in [-0.25, -0.2) is 9.98 Å². The summed E-state index contributed by atoms with van der Waals surface area (Å²) < 4.78 is 14.0. The van der Waals surface area contributed by atoms with Crippen molar-refractivity contribution in [2.75, 3.05) is 0 Å². The molecule has 0 saturated heterocycles. The van der Waals surface area contributed by atoms with Crippen molar-refractivity contribution in [3.63, 3.8) is 0 Å². The van der Waals surface area contributed by atoms with Crippen LogP contribution in [0.3, 0.4) is 0 Å². The highest BCUT2D eigenvalue weighted by Crippen LogP contribution is 2.42. The maximum Gasteiger partial charge on any atom is 0.161 e. The third-order valence-corrected chi connectivity index (χ3v) is 14.7. The molecule has 0 N–H and O–H groups in total. The van der Waals surface area contributed by atoms with E-state index in [4.69, 9.17) is 14.4 Å². The molecule has 5 heterocycles. The molecule has 0 aliphatic carbocycles. The minimum Gasteiger partial charge on any atom is -0.456 e. The molecule has 13 aromatic rings. The summed E-state index contributed by atoms with van der Waals surface area (Å²) in [4.78, 5) is 11.6. The van der Waals surface area contributed by atoms with Crippen molar-refractivity contribution in [3.05, 3.63) is 205 Å². The summed E-state index contributed by atoms with van der Waals surface area (Å²) in [6.45, 7) is 2.31. The average Bonchev–Trinajstić information content (AvgIpc) is 4.09. The lowest BCUT2D eigenvalue weighted by Gasteiger charge is -2.21. The first kappa shape index (κ1) is 36.4. The Bertz CT molecular complexity index is 4190. The summed E-state index contributed by atoms with van der Waals surface area (Å²) >= 11 is 1.83. The van der Waals surface area contributed by atoms with Crippen molar-refractivity contribution in [2.24, 2.45) is 15.9 Å². The maximum absolute atomic E-state index is 6.68. The van der Waals surface area contributed by atoms with Crippen LogP contribution >= 0.6 is 11.3 Å². The predicted octanol–water partition coefficient (Wildman–Crippen LogP) is 16.1. The van der Waals surface area contributed by atoms with Crippen molar-refractivity contribution in [1.29, 1.82) is 0 Å². The molecule has 306 valence electrons. The molecule has 6 heteroatoms. The summed E-state index contributed by atoms with van der Waals surface area (Å²) in [6.07, 6.45) is 3.07. The number of amidine groups is 1. The SMILES string of the molecule is CC1C/C=C(c2cc3c(cc2-n2c4ccccc4c4cc5ccccc5cc42)oc2ccccc23)/N=C(c2ccc3sc4ccccc4c3c2)\N=C/1n1c2ccccc2c2ccccc21. The molecule has 1 atom stereocenters. The first-order valence-electron chi connectivity index (χ1n) is 22.3. The molecule has 0 radical (unpaired) electrons. The highest BCUT2D eigenvalue weighted by molar-refractivity contribution is 7.25. The van der Waals surface area contributed by atoms with Crippen LogP contribution in [0.4, 0.5) is 0 Å². The van der Waals surface area contributed by atoms with Gasteiger partial charge in [-0.2, -0.15) is 0 Å². The molecule has 0 bridgehead atoms.